The van der Waals surface area contributed by atoms with Gasteiger partial charge in [0.05, 0.1) is 19.5 Å². The van der Waals surface area contributed by atoms with Crippen LogP contribution >= 0.6 is 0 Å². The fraction of sp³-hybridized carbons (Fsp3) is 0.486. The van der Waals surface area contributed by atoms with Crippen molar-refractivity contribution in [2.75, 3.05) is 25.0 Å². The van der Waals surface area contributed by atoms with Crippen LogP contribution in [0.2, 0.25) is 0 Å². The number of nitrogens with one attached hydrogen (secondary N) is 3. The Hall–Kier alpha value is -4.71. The summed E-state index contributed by atoms with van der Waals surface area (Å²) >= 11 is 0. The van der Waals surface area contributed by atoms with Crippen molar-refractivity contribution in [3.63, 3.8) is 0 Å². The zero-order valence-electron chi connectivity index (χ0n) is 29.6. The van der Waals surface area contributed by atoms with Crippen LogP contribution in [-0.4, -0.2) is 75.1 Å². The van der Waals surface area contributed by atoms with Crippen molar-refractivity contribution in [1.82, 2.24) is 25.1 Å². The second kappa shape index (κ2) is 16.1. The molecular weight excluding hydrogens is 624 g/mol. The van der Waals surface area contributed by atoms with E-state index < -0.39 is 41.1 Å². The van der Waals surface area contributed by atoms with Gasteiger partial charge >= 0.3 is 6.09 Å². The van der Waals surface area contributed by atoms with Crippen LogP contribution in [0.15, 0.2) is 67.1 Å². The van der Waals surface area contributed by atoms with E-state index in [0.29, 0.717) is 19.0 Å². The molecule has 1 aliphatic heterocycles. The number of ether oxygens (including phenoxy) is 2. The zero-order valence-corrected chi connectivity index (χ0v) is 29.6. The minimum Gasteiger partial charge on any atom is -0.444 e. The number of piperidine rings is 1. The van der Waals surface area contributed by atoms with Gasteiger partial charge in [-0.15, -0.1) is 0 Å². The maximum Gasteiger partial charge on any atom is 0.408 e. The van der Waals surface area contributed by atoms with Crippen LogP contribution in [0.1, 0.15) is 77.1 Å². The average molecular weight is 675 g/mol. The summed E-state index contributed by atoms with van der Waals surface area (Å²) < 4.78 is 12.9. The lowest BCUT2D eigenvalue weighted by Crippen LogP contribution is -2.59. The molecule has 4 rings (SSSR count). The van der Waals surface area contributed by atoms with Crippen LogP contribution in [0.25, 0.3) is 0 Å². The first-order valence-corrected chi connectivity index (χ1v) is 16.8. The molecule has 1 aliphatic rings. The predicted molar refractivity (Wildman–Crippen MR) is 187 cm³/mol. The van der Waals surface area contributed by atoms with Gasteiger partial charge in [-0.05, 0) is 77.0 Å². The highest BCUT2D eigenvalue weighted by molar-refractivity contribution is 5.98. The molecule has 1 aromatic heterocycles. The number of amides is 4. The van der Waals surface area contributed by atoms with Crippen molar-refractivity contribution >= 4 is 29.6 Å². The number of anilines is 1. The Morgan fingerprint density at radius 2 is 1.61 bits per heavy atom. The molecule has 0 radical (unpaired) electrons. The number of likely N-dealkylation sites (tertiary alicyclic amines) is 1. The van der Waals surface area contributed by atoms with Crippen LogP contribution < -0.4 is 16.0 Å². The fourth-order valence-electron chi connectivity index (χ4n) is 5.48. The van der Waals surface area contributed by atoms with Gasteiger partial charge in [0.15, 0.2) is 5.82 Å². The van der Waals surface area contributed by atoms with E-state index in [1.807, 2.05) is 66.4 Å². The van der Waals surface area contributed by atoms with E-state index in [2.05, 4.69) is 27.9 Å². The number of nitrogens with zero attached hydrogens (tertiary/aromatic N) is 3. The summed E-state index contributed by atoms with van der Waals surface area (Å²) in [6.45, 7) is 13.8. The van der Waals surface area contributed by atoms with E-state index >= 15 is 0 Å². The summed E-state index contributed by atoms with van der Waals surface area (Å²) in [6, 6.07) is 15.4. The van der Waals surface area contributed by atoms with Crippen LogP contribution in [0.3, 0.4) is 0 Å². The molecule has 2 atom stereocenters. The molecular formula is C37H50N6O6. The van der Waals surface area contributed by atoms with Gasteiger partial charge in [0, 0.05) is 19.3 Å². The highest BCUT2D eigenvalue weighted by Gasteiger charge is 2.35. The standard InChI is InChI=1S/C37H50N6O6/c1-25-17-19-42(20-18-25)33(45)31(28-16-12-11-13-26(28)2)43-21-30(38-24-43)40-32(44)29(23-48-22-27-14-9-8-10-15-27)39-34(46)37(6,7)41-35(47)49-36(3,4)5/h8-16,21,24-25,29,31H,17-20,22-23H2,1-7H3,(H,39,46)(H,40,44)(H,41,47)/t29-,31?/m1/s1. The van der Waals surface area contributed by atoms with E-state index in [4.69, 9.17) is 9.47 Å². The summed E-state index contributed by atoms with van der Waals surface area (Å²) in [4.78, 5) is 59.9. The van der Waals surface area contributed by atoms with Crippen LogP contribution in [0, 0.1) is 12.8 Å². The molecule has 12 heteroatoms. The van der Waals surface area contributed by atoms with Crippen molar-refractivity contribution in [2.45, 2.75) is 91.1 Å². The molecule has 12 nitrogen and oxygen atoms in total. The number of imidazole rings is 1. The molecule has 264 valence electrons. The lowest BCUT2D eigenvalue weighted by molar-refractivity contribution is -0.135. The molecule has 49 heavy (non-hydrogen) atoms. The Bertz CT molecular complexity index is 1590. The third-order valence-electron chi connectivity index (χ3n) is 8.36. The Morgan fingerprint density at radius 3 is 2.27 bits per heavy atom. The van der Waals surface area contributed by atoms with E-state index in [0.717, 1.165) is 29.5 Å². The summed E-state index contributed by atoms with van der Waals surface area (Å²) in [6.07, 6.45) is 4.28. The number of hydrogen-bond donors (Lipinski definition) is 3. The van der Waals surface area contributed by atoms with Gasteiger partial charge in [0.25, 0.3) is 5.91 Å². The maximum atomic E-state index is 14.0. The molecule has 2 heterocycles. The first kappa shape index (κ1) is 37.1. The third kappa shape index (κ3) is 10.6. The van der Waals surface area contributed by atoms with E-state index in [1.54, 1.807) is 31.5 Å². The summed E-state index contributed by atoms with van der Waals surface area (Å²) in [5, 5.41) is 8.07. The van der Waals surface area contributed by atoms with Gasteiger partial charge in [0.2, 0.25) is 11.8 Å². The smallest absolute Gasteiger partial charge is 0.408 e. The summed E-state index contributed by atoms with van der Waals surface area (Å²) in [5.74, 6) is -0.454. The molecule has 0 spiro atoms. The summed E-state index contributed by atoms with van der Waals surface area (Å²) in [7, 11) is 0. The number of carbonyl (C=O) groups is 4. The highest BCUT2D eigenvalue weighted by Crippen LogP contribution is 2.28. The number of hydrogen-bond acceptors (Lipinski definition) is 7. The number of aryl methyl sites for hydroxylation is 1. The Kier molecular flexibility index (Phi) is 12.2. The first-order valence-electron chi connectivity index (χ1n) is 16.8. The molecule has 3 N–H and O–H groups in total. The normalized spacial score (nSPS) is 15.2. The lowest BCUT2D eigenvalue weighted by Gasteiger charge is -2.33. The largest absolute Gasteiger partial charge is 0.444 e. The molecule has 2 aromatic carbocycles. The van der Waals surface area contributed by atoms with Gasteiger partial charge in [-0.25, -0.2) is 9.78 Å². The number of alkyl carbamates (subject to hydrolysis) is 1. The third-order valence-corrected chi connectivity index (χ3v) is 8.36. The quantitative estimate of drug-likeness (QED) is 0.246. The van der Waals surface area contributed by atoms with Crippen molar-refractivity contribution in [3.8, 4) is 0 Å². The molecule has 4 amide bonds. The molecule has 0 aliphatic carbocycles. The van der Waals surface area contributed by atoms with E-state index in [9.17, 15) is 19.2 Å². The Labute approximate surface area is 288 Å². The van der Waals surface area contributed by atoms with Crippen LogP contribution in [-0.2, 0) is 30.5 Å². The lowest BCUT2D eigenvalue weighted by atomic mass is 9.96. The number of aromatic nitrogens is 2. The Morgan fingerprint density at radius 1 is 0.959 bits per heavy atom. The second-order valence-electron chi connectivity index (χ2n) is 14.2. The number of rotatable bonds is 12. The molecule has 1 unspecified atom stereocenters. The predicted octanol–water partition coefficient (Wildman–Crippen LogP) is 4.98. The van der Waals surface area contributed by atoms with E-state index in [1.165, 1.54) is 20.2 Å². The zero-order chi connectivity index (χ0) is 35.8. The monoisotopic (exact) mass is 674 g/mol. The van der Waals surface area contributed by atoms with Crippen LogP contribution in [0.4, 0.5) is 10.6 Å². The second-order valence-corrected chi connectivity index (χ2v) is 14.2. The maximum absolute atomic E-state index is 14.0. The molecule has 0 saturated carbocycles. The van der Waals surface area contributed by atoms with Crippen LogP contribution in [0.5, 0.6) is 0 Å². The Balaban J connectivity index is 1.53. The summed E-state index contributed by atoms with van der Waals surface area (Å²) in [5.41, 5.74) is 0.527. The average Bonchev–Trinajstić information content (AvgIpc) is 3.48. The molecule has 1 saturated heterocycles. The van der Waals surface area contributed by atoms with Gasteiger partial charge in [-0.3, -0.25) is 14.4 Å². The van der Waals surface area contributed by atoms with E-state index in [-0.39, 0.29) is 24.9 Å². The van der Waals surface area contributed by atoms with Crippen molar-refractivity contribution in [3.05, 3.63) is 83.8 Å². The fourth-order valence-corrected chi connectivity index (χ4v) is 5.48. The number of benzene rings is 2. The minimum absolute atomic E-state index is 0.0318. The first-order chi connectivity index (χ1) is 23.1. The molecule has 3 aromatic rings. The van der Waals surface area contributed by atoms with Crippen molar-refractivity contribution < 1.29 is 28.7 Å². The van der Waals surface area contributed by atoms with Gasteiger partial charge in [-0.1, -0.05) is 61.5 Å². The van der Waals surface area contributed by atoms with Gasteiger partial charge < -0.3 is 34.9 Å². The molecule has 1 fully saturated rings. The number of carbonyl (C=O) groups excluding carboxylic acids is 4. The highest BCUT2D eigenvalue weighted by atomic mass is 16.6. The molecule has 0 bridgehead atoms. The van der Waals surface area contributed by atoms with Gasteiger partial charge in [0.1, 0.15) is 23.2 Å². The van der Waals surface area contributed by atoms with Gasteiger partial charge in [-0.2, -0.15) is 0 Å². The van der Waals surface area contributed by atoms with Crippen molar-refractivity contribution in [1.29, 1.82) is 0 Å². The van der Waals surface area contributed by atoms with Crippen molar-refractivity contribution in [2.24, 2.45) is 5.92 Å². The SMILES string of the molecule is Cc1ccccc1C(C(=O)N1CCC(C)CC1)n1cnc(NC(=O)[C@@H](COCc2ccccc2)NC(=O)C(C)(C)NC(=O)OC(C)(C)C)c1. The topological polar surface area (TPSA) is 144 Å². The minimum atomic E-state index is -1.42.